The Balaban J connectivity index is 1.58. The number of halogens is 3. The molecule has 0 unspecified atom stereocenters. The van der Waals surface area contributed by atoms with Crippen molar-refractivity contribution in [3.8, 4) is 11.1 Å². The molecule has 31 heavy (non-hydrogen) atoms. The molecule has 0 atom stereocenters. The van der Waals surface area contributed by atoms with Crippen LogP contribution in [0, 0.1) is 0 Å². The number of aromatic nitrogens is 1. The molecule has 4 rings (SSSR count). The third-order valence-corrected chi connectivity index (χ3v) is 4.38. The highest BCUT2D eigenvalue weighted by Gasteiger charge is 2.30. The van der Waals surface area contributed by atoms with Crippen LogP contribution in [0.15, 0.2) is 87.7 Å². The zero-order valence-electron chi connectivity index (χ0n) is 15.7. The Morgan fingerprint density at radius 2 is 1.71 bits per heavy atom. The second-order valence-electron chi connectivity index (χ2n) is 6.48. The van der Waals surface area contributed by atoms with Crippen molar-refractivity contribution in [3.05, 3.63) is 78.1 Å². The van der Waals surface area contributed by atoms with E-state index in [-0.39, 0.29) is 5.69 Å². The predicted octanol–water partition coefficient (Wildman–Crippen LogP) is 6.24. The molecule has 0 fully saturated rings. The van der Waals surface area contributed by atoms with Crippen molar-refractivity contribution in [2.24, 2.45) is 20.7 Å². The molecule has 0 saturated carbocycles. The van der Waals surface area contributed by atoms with Gasteiger partial charge in [0.05, 0.1) is 5.56 Å². The Morgan fingerprint density at radius 3 is 2.42 bits per heavy atom. The summed E-state index contributed by atoms with van der Waals surface area (Å²) in [5.74, 6) is 0. The monoisotopic (exact) mass is 425 g/mol. The molecule has 0 spiro atoms. The minimum Gasteiger partial charge on any atom is -0.308 e. The SMILES string of the molecule is O=C(Nc1cccc(C(F)(F)F)c1)Nc1ccc(-c2cccnc2)cc1C1N=NN=N1. The van der Waals surface area contributed by atoms with Crippen LogP contribution in [0.5, 0.6) is 0 Å². The fraction of sp³-hybridized carbons (Fsp3) is 0.100. The van der Waals surface area contributed by atoms with E-state index < -0.39 is 23.9 Å². The van der Waals surface area contributed by atoms with E-state index in [9.17, 15) is 18.0 Å². The summed E-state index contributed by atoms with van der Waals surface area (Å²) in [6.07, 6.45) is -1.93. The molecule has 156 valence electrons. The highest BCUT2D eigenvalue weighted by molar-refractivity contribution is 6.00. The summed E-state index contributed by atoms with van der Waals surface area (Å²) >= 11 is 0. The van der Waals surface area contributed by atoms with Crippen molar-refractivity contribution >= 4 is 17.4 Å². The first-order valence-electron chi connectivity index (χ1n) is 9.00. The molecule has 11 heteroatoms. The Morgan fingerprint density at radius 1 is 0.903 bits per heavy atom. The van der Waals surface area contributed by atoms with Crippen molar-refractivity contribution in [1.29, 1.82) is 0 Å². The number of amides is 2. The number of pyridine rings is 1. The van der Waals surface area contributed by atoms with Crippen LogP contribution < -0.4 is 10.6 Å². The minimum absolute atomic E-state index is 0.00102. The highest BCUT2D eigenvalue weighted by Crippen LogP contribution is 2.34. The van der Waals surface area contributed by atoms with Gasteiger partial charge in [0, 0.05) is 34.9 Å². The summed E-state index contributed by atoms with van der Waals surface area (Å²) in [7, 11) is 0. The molecule has 0 saturated heterocycles. The molecule has 8 nitrogen and oxygen atoms in total. The van der Waals surface area contributed by atoms with Crippen molar-refractivity contribution in [1.82, 2.24) is 4.98 Å². The fourth-order valence-corrected chi connectivity index (χ4v) is 2.95. The van der Waals surface area contributed by atoms with Crippen molar-refractivity contribution < 1.29 is 18.0 Å². The van der Waals surface area contributed by atoms with Crippen LogP contribution in [0.4, 0.5) is 29.3 Å². The molecule has 1 aliphatic heterocycles. The summed E-state index contributed by atoms with van der Waals surface area (Å²) in [6, 6.07) is 12.5. The van der Waals surface area contributed by atoms with E-state index in [1.165, 1.54) is 12.1 Å². The average Bonchev–Trinajstić information content (AvgIpc) is 3.29. The molecular weight excluding hydrogens is 411 g/mol. The van der Waals surface area contributed by atoms with Crippen molar-refractivity contribution in [2.45, 2.75) is 12.3 Å². The van der Waals surface area contributed by atoms with E-state index in [0.29, 0.717) is 11.3 Å². The van der Waals surface area contributed by atoms with Gasteiger partial charge < -0.3 is 10.6 Å². The molecule has 3 aromatic rings. The van der Waals surface area contributed by atoms with Crippen LogP contribution in [0.25, 0.3) is 11.1 Å². The first kappa shape index (κ1) is 20.1. The van der Waals surface area contributed by atoms with Gasteiger partial charge in [-0.05, 0) is 52.4 Å². The van der Waals surface area contributed by atoms with Gasteiger partial charge in [-0.3, -0.25) is 4.98 Å². The summed E-state index contributed by atoms with van der Waals surface area (Å²) in [6.45, 7) is 0. The lowest BCUT2D eigenvalue weighted by molar-refractivity contribution is -0.137. The van der Waals surface area contributed by atoms with Crippen LogP contribution in [0.1, 0.15) is 17.3 Å². The molecular formula is C20H14F3N7O. The Labute approximate surface area is 173 Å². The normalized spacial score (nSPS) is 13.4. The molecule has 0 bridgehead atoms. The van der Waals surface area contributed by atoms with Gasteiger partial charge in [-0.1, -0.05) is 18.2 Å². The fourth-order valence-electron chi connectivity index (χ4n) is 2.95. The molecule has 1 aromatic heterocycles. The van der Waals surface area contributed by atoms with E-state index in [1.54, 1.807) is 36.7 Å². The van der Waals surface area contributed by atoms with Crippen LogP contribution in [-0.2, 0) is 6.18 Å². The topological polar surface area (TPSA) is 103 Å². The minimum atomic E-state index is -4.51. The Bertz CT molecular complexity index is 1150. The number of urea groups is 1. The lowest BCUT2D eigenvalue weighted by atomic mass is 10.0. The van der Waals surface area contributed by atoms with E-state index in [0.717, 1.165) is 23.3 Å². The maximum absolute atomic E-state index is 12.9. The van der Waals surface area contributed by atoms with E-state index in [2.05, 4.69) is 36.3 Å². The van der Waals surface area contributed by atoms with Crippen molar-refractivity contribution in [2.75, 3.05) is 10.6 Å². The number of hydrogen-bond acceptors (Lipinski definition) is 6. The number of rotatable bonds is 4. The van der Waals surface area contributed by atoms with Crippen LogP contribution in [-0.4, -0.2) is 11.0 Å². The van der Waals surface area contributed by atoms with Gasteiger partial charge in [0.2, 0.25) is 6.17 Å². The smallest absolute Gasteiger partial charge is 0.308 e. The van der Waals surface area contributed by atoms with Gasteiger partial charge >= 0.3 is 12.2 Å². The Hall–Kier alpha value is -4.15. The first-order chi connectivity index (χ1) is 14.9. The van der Waals surface area contributed by atoms with Gasteiger partial charge in [0.25, 0.3) is 0 Å². The average molecular weight is 425 g/mol. The van der Waals surface area contributed by atoms with Crippen LogP contribution in [0.2, 0.25) is 0 Å². The molecule has 0 radical (unpaired) electrons. The molecule has 1 aliphatic rings. The summed E-state index contributed by atoms with van der Waals surface area (Å²) in [5.41, 5.74) is 1.67. The predicted molar refractivity (Wildman–Crippen MR) is 106 cm³/mol. The second kappa shape index (κ2) is 8.30. The first-order valence-corrected chi connectivity index (χ1v) is 9.00. The molecule has 2 aromatic carbocycles. The molecule has 2 heterocycles. The second-order valence-corrected chi connectivity index (χ2v) is 6.48. The van der Waals surface area contributed by atoms with Crippen LogP contribution in [0.3, 0.4) is 0 Å². The number of hydrogen-bond donors (Lipinski definition) is 2. The van der Waals surface area contributed by atoms with Gasteiger partial charge in [0.15, 0.2) is 0 Å². The number of alkyl halides is 3. The number of carbonyl (C=O) groups is 1. The van der Waals surface area contributed by atoms with E-state index in [1.807, 2.05) is 6.07 Å². The van der Waals surface area contributed by atoms with Gasteiger partial charge in [-0.15, -0.1) is 10.2 Å². The lowest BCUT2D eigenvalue weighted by Crippen LogP contribution is -2.21. The Kier molecular flexibility index (Phi) is 5.39. The maximum atomic E-state index is 12.9. The molecule has 2 N–H and O–H groups in total. The number of benzene rings is 2. The number of nitrogens with one attached hydrogen (secondary N) is 2. The van der Waals surface area contributed by atoms with E-state index in [4.69, 9.17) is 0 Å². The quantitative estimate of drug-likeness (QED) is 0.516. The van der Waals surface area contributed by atoms with Crippen molar-refractivity contribution in [3.63, 3.8) is 0 Å². The van der Waals surface area contributed by atoms with Gasteiger partial charge in [0.1, 0.15) is 0 Å². The van der Waals surface area contributed by atoms with Gasteiger partial charge in [-0.2, -0.15) is 13.2 Å². The summed E-state index contributed by atoms with van der Waals surface area (Å²) < 4.78 is 38.7. The number of anilines is 2. The largest absolute Gasteiger partial charge is 0.416 e. The molecule has 0 aliphatic carbocycles. The zero-order chi connectivity index (χ0) is 21.8. The number of nitrogens with zero attached hydrogens (tertiary/aromatic N) is 5. The summed E-state index contributed by atoms with van der Waals surface area (Å²) in [4.78, 5) is 16.5. The maximum Gasteiger partial charge on any atom is 0.416 e. The zero-order valence-corrected chi connectivity index (χ0v) is 15.7. The molecule has 2 amide bonds. The lowest BCUT2D eigenvalue weighted by Gasteiger charge is -2.15. The van der Waals surface area contributed by atoms with E-state index >= 15 is 0 Å². The number of carbonyl (C=O) groups excluding carboxylic acids is 1. The highest BCUT2D eigenvalue weighted by atomic mass is 19.4. The van der Waals surface area contributed by atoms with Gasteiger partial charge in [-0.25, -0.2) is 4.79 Å². The third-order valence-electron chi connectivity index (χ3n) is 4.38. The summed E-state index contributed by atoms with van der Waals surface area (Å²) in [5, 5.41) is 19.8. The third kappa shape index (κ3) is 4.71. The standard InChI is InChI=1S/C20H14F3N7O/c21-20(22,23)14-4-1-5-15(10-14)25-19(31)26-17-7-6-12(13-3-2-8-24-11-13)9-16(17)18-27-29-30-28-18/h1-11,18H,(H2,25,26,31). The van der Waals surface area contributed by atoms with Crippen LogP contribution >= 0.6 is 0 Å².